The van der Waals surface area contributed by atoms with E-state index in [2.05, 4.69) is 22.9 Å². The molecule has 9 nitrogen and oxygen atoms in total. The highest BCUT2D eigenvalue weighted by Crippen LogP contribution is 2.32. The van der Waals surface area contributed by atoms with Crippen LogP contribution in [0.25, 0.3) is 10.9 Å². The molecule has 0 unspecified atom stereocenters. The maximum absolute atomic E-state index is 12.6. The summed E-state index contributed by atoms with van der Waals surface area (Å²) in [6, 6.07) is 26.5. The Morgan fingerprint density at radius 2 is 1.53 bits per heavy atom. The molecule has 2 heterocycles. The molecule has 9 heteroatoms. The number of carboxylic acid groups (broad SMARTS) is 2. The van der Waals surface area contributed by atoms with Crippen molar-refractivity contribution < 1.29 is 34.1 Å². The van der Waals surface area contributed by atoms with Crippen LogP contribution in [0.5, 0.6) is 5.75 Å². The van der Waals surface area contributed by atoms with Gasteiger partial charge >= 0.3 is 17.9 Å². The van der Waals surface area contributed by atoms with Gasteiger partial charge in [-0.1, -0.05) is 61.9 Å². The van der Waals surface area contributed by atoms with Crippen LogP contribution in [0.2, 0.25) is 0 Å². The Morgan fingerprint density at radius 3 is 2.19 bits per heavy atom. The van der Waals surface area contributed by atoms with Crippen LogP contribution in [0.1, 0.15) is 71.7 Å². The number of hydrogen-bond acceptors (Lipinski definition) is 7. The minimum atomic E-state index is -1.82. The Balaban J connectivity index is 0.000000762. The molecule has 0 saturated carbocycles. The normalized spacial score (nSPS) is 16.1. The van der Waals surface area contributed by atoms with Gasteiger partial charge in [0.15, 0.2) is 5.78 Å². The first-order valence-electron chi connectivity index (χ1n) is 16.2. The summed E-state index contributed by atoms with van der Waals surface area (Å²) in [5.41, 5.74) is 3.54. The molecule has 0 aliphatic carbocycles. The average molecular weight is 639 g/mol. The maximum Gasteiger partial charge on any atom is 0.414 e. The zero-order valence-electron chi connectivity index (χ0n) is 26.7. The molecule has 0 bridgehead atoms. The van der Waals surface area contributed by atoms with Crippen LogP contribution in [0.15, 0.2) is 91.1 Å². The molecule has 2 N–H and O–H groups in total. The highest BCUT2D eigenvalue weighted by atomic mass is 16.5. The molecule has 4 aromatic rings. The van der Waals surface area contributed by atoms with Gasteiger partial charge in [-0.05, 0) is 99.0 Å². The topological polar surface area (TPSA) is 134 Å². The van der Waals surface area contributed by atoms with Crippen LogP contribution in [-0.4, -0.2) is 63.4 Å². The number of fused-ring (bicyclic) bond motifs is 1. The minimum Gasteiger partial charge on any atom is -0.473 e. The number of Topliss-reactive ketones (excluding diaryl/α,β-unsaturated/α-hetero) is 1. The van der Waals surface area contributed by atoms with Gasteiger partial charge in [0.1, 0.15) is 5.75 Å². The summed E-state index contributed by atoms with van der Waals surface area (Å²) in [6.07, 6.45) is 9.16. The van der Waals surface area contributed by atoms with E-state index in [1.807, 2.05) is 72.9 Å². The molecule has 1 aliphatic heterocycles. The number of carbonyl (C=O) groups excluding carboxylic acids is 2. The second kappa shape index (κ2) is 17.7. The van der Waals surface area contributed by atoms with Gasteiger partial charge in [0, 0.05) is 30.1 Å². The highest BCUT2D eigenvalue weighted by Gasteiger charge is 2.27. The molecule has 0 radical (unpaired) electrons. The molecule has 0 amide bonds. The van der Waals surface area contributed by atoms with Crippen molar-refractivity contribution in [1.82, 2.24) is 9.88 Å². The van der Waals surface area contributed by atoms with Crippen molar-refractivity contribution in [2.75, 3.05) is 19.6 Å². The van der Waals surface area contributed by atoms with E-state index in [0.717, 1.165) is 61.3 Å². The third kappa shape index (κ3) is 10.6. The van der Waals surface area contributed by atoms with Gasteiger partial charge in [-0.25, -0.2) is 14.4 Å². The van der Waals surface area contributed by atoms with Crippen LogP contribution in [0.3, 0.4) is 0 Å². The number of hydrogen-bond donors (Lipinski definition) is 2. The predicted molar refractivity (Wildman–Crippen MR) is 180 cm³/mol. The summed E-state index contributed by atoms with van der Waals surface area (Å²) >= 11 is 0. The summed E-state index contributed by atoms with van der Waals surface area (Å²) in [7, 11) is 0. The standard InChI is InChI=1S/C36H40N2O3.C2H2O4/c1-2-27-26-38(23-10-17-35(39)30-11-5-3-6-12-30)24-21-28(27)15-9-16-29-20-22-37-34-19-18-32(25-33(29)34)41-36(40)31-13-7-4-8-14-31;3-1(4)2(5)6/h3-8,11-14,18-20,22,25,27-28H,2,9-10,15-17,21,23-24,26H2,1H3;(H,3,4)(H,5,6)/t27-,28+;/m0./s1. The van der Waals surface area contributed by atoms with E-state index in [-0.39, 0.29) is 11.8 Å². The van der Waals surface area contributed by atoms with Crippen molar-refractivity contribution >= 4 is 34.6 Å². The lowest BCUT2D eigenvalue weighted by atomic mass is 9.80. The fourth-order valence-electron chi connectivity index (χ4n) is 6.19. The van der Waals surface area contributed by atoms with Gasteiger partial charge < -0.3 is 19.8 Å². The Labute approximate surface area is 275 Å². The third-order valence-corrected chi connectivity index (χ3v) is 8.70. The van der Waals surface area contributed by atoms with E-state index in [1.165, 1.54) is 24.8 Å². The van der Waals surface area contributed by atoms with E-state index in [9.17, 15) is 9.59 Å². The van der Waals surface area contributed by atoms with Crippen molar-refractivity contribution in [3.63, 3.8) is 0 Å². The number of likely N-dealkylation sites (tertiary alicyclic amines) is 1. The summed E-state index contributed by atoms with van der Waals surface area (Å²) in [5.74, 6) is -1.77. The predicted octanol–water partition coefficient (Wildman–Crippen LogP) is 6.94. The Bertz CT molecular complexity index is 1630. The number of aryl methyl sites for hydroxylation is 1. The third-order valence-electron chi connectivity index (χ3n) is 8.70. The number of aliphatic carboxylic acids is 2. The van der Waals surface area contributed by atoms with Crippen LogP contribution >= 0.6 is 0 Å². The number of nitrogens with zero attached hydrogens (tertiary/aromatic N) is 2. The van der Waals surface area contributed by atoms with Crippen LogP contribution < -0.4 is 4.74 Å². The van der Waals surface area contributed by atoms with Gasteiger partial charge in [-0.2, -0.15) is 0 Å². The zero-order chi connectivity index (χ0) is 33.6. The number of pyridine rings is 1. The second-order valence-electron chi connectivity index (χ2n) is 11.8. The quantitative estimate of drug-likeness (QED) is 0.0732. The first-order valence-corrected chi connectivity index (χ1v) is 16.2. The van der Waals surface area contributed by atoms with Crippen LogP contribution in [0, 0.1) is 11.8 Å². The molecule has 5 rings (SSSR count). The molecule has 3 aromatic carbocycles. The molecule has 1 saturated heterocycles. The Kier molecular flexibility index (Phi) is 13.2. The number of piperidine rings is 1. The van der Waals surface area contributed by atoms with Gasteiger partial charge in [0.25, 0.3) is 0 Å². The fraction of sp³-hybridized carbons (Fsp3) is 0.342. The van der Waals surface area contributed by atoms with E-state index in [0.29, 0.717) is 23.7 Å². The number of esters is 1. The van der Waals surface area contributed by atoms with Gasteiger partial charge in [0.2, 0.25) is 0 Å². The Hall–Kier alpha value is -4.89. The van der Waals surface area contributed by atoms with E-state index in [4.69, 9.17) is 24.5 Å². The molecule has 2 atom stereocenters. The lowest BCUT2D eigenvalue weighted by Gasteiger charge is -2.38. The molecule has 1 aliphatic rings. The summed E-state index contributed by atoms with van der Waals surface area (Å²) < 4.78 is 5.68. The van der Waals surface area contributed by atoms with Crippen molar-refractivity contribution in [2.45, 2.75) is 51.9 Å². The zero-order valence-corrected chi connectivity index (χ0v) is 26.7. The van der Waals surface area contributed by atoms with E-state index in [1.54, 1.807) is 12.1 Å². The number of ketones is 1. The summed E-state index contributed by atoms with van der Waals surface area (Å²) in [4.78, 5) is 50.3. The largest absolute Gasteiger partial charge is 0.473 e. The molecule has 246 valence electrons. The fourth-order valence-corrected chi connectivity index (χ4v) is 6.19. The molecule has 0 spiro atoms. The lowest BCUT2D eigenvalue weighted by Crippen LogP contribution is -2.40. The lowest BCUT2D eigenvalue weighted by molar-refractivity contribution is -0.159. The molecule has 1 aromatic heterocycles. The monoisotopic (exact) mass is 638 g/mol. The van der Waals surface area contributed by atoms with E-state index >= 15 is 0 Å². The number of carboxylic acids is 2. The number of carbonyl (C=O) groups is 4. The summed E-state index contributed by atoms with van der Waals surface area (Å²) in [5, 5.41) is 15.8. The minimum absolute atomic E-state index is 0.248. The van der Waals surface area contributed by atoms with Crippen molar-refractivity contribution in [1.29, 1.82) is 0 Å². The first-order chi connectivity index (χ1) is 22.7. The summed E-state index contributed by atoms with van der Waals surface area (Å²) in [6.45, 7) is 5.57. The van der Waals surface area contributed by atoms with Crippen LogP contribution in [0.4, 0.5) is 0 Å². The Morgan fingerprint density at radius 1 is 0.851 bits per heavy atom. The van der Waals surface area contributed by atoms with Gasteiger partial charge in [-0.15, -0.1) is 0 Å². The highest BCUT2D eigenvalue weighted by molar-refractivity contribution is 6.27. The van der Waals surface area contributed by atoms with Crippen molar-refractivity contribution in [3.8, 4) is 5.75 Å². The van der Waals surface area contributed by atoms with Gasteiger partial charge in [-0.3, -0.25) is 9.78 Å². The first kappa shape index (κ1) is 35.0. The molecular formula is C38H42N2O7. The van der Waals surface area contributed by atoms with Gasteiger partial charge in [0.05, 0.1) is 11.1 Å². The smallest absolute Gasteiger partial charge is 0.414 e. The SMILES string of the molecule is CC[C@H]1CN(CCCC(=O)c2ccccc2)CC[C@H]1CCCc1ccnc2ccc(OC(=O)c3ccccc3)cc12.O=C(O)C(=O)O. The van der Waals surface area contributed by atoms with E-state index < -0.39 is 11.9 Å². The van der Waals surface area contributed by atoms with Crippen LogP contribution in [-0.2, 0) is 16.0 Å². The second-order valence-corrected chi connectivity index (χ2v) is 11.8. The number of ether oxygens (including phenoxy) is 1. The molecular weight excluding hydrogens is 596 g/mol. The number of benzene rings is 3. The number of aromatic nitrogens is 1. The number of rotatable bonds is 12. The average Bonchev–Trinajstić information content (AvgIpc) is 3.09. The molecule has 1 fully saturated rings. The molecule has 47 heavy (non-hydrogen) atoms. The van der Waals surface area contributed by atoms with Crippen molar-refractivity contribution in [2.24, 2.45) is 11.8 Å². The maximum atomic E-state index is 12.6. The van der Waals surface area contributed by atoms with Crippen molar-refractivity contribution in [3.05, 3.63) is 108 Å².